The van der Waals surface area contributed by atoms with Crippen LogP contribution in [0.1, 0.15) is 62.2 Å². The van der Waals surface area contributed by atoms with Crippen molar-refractivity contribution in [3.05, 3.63) is 35.6 Å². The molecule has 0 aromatic heterocycles. The van der Waals surface area contributed by atoms with Crippen LogP contribution in [-0.2, 0) is 4.79 Å². The normalized spacial score (nSPS) is 26.7. The lowest BCUT2D eigenvalue weighted by Gasteiger charge is -2.38. The first kappa shape index (κ1) is 20.7. The SMILES string of the molecule is CC1CCN(C(=O)[C@H]2CS[C@@H](C3CCCCC3)N2C(=O)c2cccc(F)c2)CC1. The predicted molar refractivity (Wildman–Crippen MR) is 114 cm³/mol. The lowest BCUT2D eigenvalue weighted by molar-refractivity contribution is -0.136. The Kier molecular flexibility index (Phi) is 6.47. The van der Waals surface area contributed by atoms with Crippen LogP contribution in [0.4, 0.5) is 4.39 Å². The number of hydrogen-bond acceptors (Lipinski definition) is 3. The number of hydrogen-bond donors (Lipinski definition) is 0. The van der Waals surface area contributed by atoms with E-state index in [1.807, 2.05) is 9.80 Å². The van der Waals surface area contributed by atoms with Crippen LogP contribution >= 0.6 is 11.8 Å². The molecule has 4 nitrogen and oxygen atoms in total. The third-order valence-electron chi connectivity index (χ3n) is 6.77. The minimum atomic E-state index is -0.434. The first-order chi connectivity index (χ1) is 14.0. The van der Waals surface area contributed by atoms with Gasteiger partial charge in [0.2, 0.25) is 5.91 Å². The number of nitrogens with zero attached hydrogens (tertiary/aromatic N) is 2. The third-order valence-corrected chi connectivity index (χ3v) is 8.24. The van der Waals surface area contributed by atoms with E-state index in [-0.39, 0.29) is 17.2 Å². The van der Waals surface area contributed by atoms with Crippen molar-refractivity contribution in [3.63, 3.8) is 0 Å². The Balaban J connectivity index is 1.59. The van der Waals surface area contributed by atoms with Crippen LogP contribution in [-0.4, -0.2) is 51.9 Å². The first-order valence-electron chi connectivity index (χ1n) is 11.0. The number of carbonyl (C=O) groups excluding carboxylic acids is 2. The molecule has 2 atom stereocenters. The van der Waals surface area contributed by atoms with Gasteiger partial charge >= 0.3 is 0 Å². The molecule has 0 bridgehead atoms. The van der Waals surface area contributed by atoms with Crippen molar-refractivity contribution in [2.24, 2.45) is 11.8 Å². The number of rotatable bonds is 3. The van der Waals surface area contributed by atoms with Gasteiger partial charge in [-0.05, 0) is 55.7 Å². The molecule has 6 heteroatoms. The van der Waals surface area contributed by atoms with Crippen LogP contribution in [0.15, 0.2) is 24.3 Å². The van der Waals surface area contributed by atoms with Gasteiger partial charge in [0.05, 0.1) is 5.37 Å². The van der Waals surface area contributed by atoms with E-state index < -0.39 is 11.9 Å². The molecule has 0 spiro atoms. The van der Waals surface area contributed by atoms with Crippen molar-refractivity contribution in [3.8, 4) is 0 Å². The fourth-order valence-corrected chi connectivity index (χ4v) is 6.60. The number of likely N-dealkylation sites (tertiary alicyclic amines) is 1. The monoisotopic (exact) mass is 418 g/mol. The minimum Gasteiger partial charge on any atom is -0.341 e. The maximum Gasteiger partial charge on any atom is 0.255 e. The molecule has 158 valence electrons. The summed E-state index contributed by atoms with van der Waals surface area (Å²) in [6.45, 7) is 3.78. The largest absolute Gasteiger partial charge is 0.341 e. The molecule has 1 aromatic carbocycles. The summed E-state index contributed by atoms with van der Waals surface area (Å²) in [4.78, 5) is 30.6. The molecule has 0 N–H and O–H groups in total. The van der Waals surface area contributed by atoms with Crippen LogP contribution < -0.4 is 0 Å². The molecule has 2 aliphatic heterocycles. The van der Waals surface area contributed by atoms with Gasteiger partial charge in [0, 0.05) is 24.4 Å². The van der Waals surface area contributed by atoms with Crippen LogP contribution in [0.25, 0.3) is 0 Å². The second kappa shape index (κ2) is 9.07. The molecule has 2 amide bonds. The van der Waals surface area contributed by atoms with Crippen LogP contribution in [0.2, 0.25) is 0 Å². The van der Waals surface area contributed by atoms with E-state index in [0.29, 0.717) is 23.2 Å². The summed E-state index contributed by atoms with van der Waals surface area (Å²) in [7, 11) is 0. The smallest absolute Gasteiger partial charge is 0.255 e. The summed E-state index contributed by atoms with van der Waals surface area (Å²) < 4.78 is 13.8. The van der Waals surface area contributed by atoms with Crippen molar-refractivity contribution in [1.29, 1.82) is 0 Å². The van der Waals surface area contributed by atoms with E-state index in [1.54, 1.807) is 23.9 Å². The molecule has 2 saturated heterocycles. The maximum atomic E-state index is 13.8. The van der Waals surface area contributed by atoms with Crippen molar-refractivity contribution in [1.82, 2.24) is 9.80 Å². The number of halogens is 1. The quantitative estimate of drug-likeness (QED) is 0.723. The molecular formula is C23H31FN2O2S. The van der Waals surface area contributed by atoms with Crippen molar-refractivity contribution < 1.29 is 14.0 Å². The predicted octanol–water partition coefficient (Wildman–Crippen LogP) is 4.55. The Hall–Kier alpha value is -1.56. The highest BCUT2D eigenvalue weighted by Gasteiger charge is 2.46. The zero-order valence-electron chi connectivity index (χ0n) is 17.2. The Morgan fingerprint density at radius 2 is 1.79 bits per heavy atom. The molecular weight excluding hydrogens is 387 g/mol. The fourth-order valence-electron chi connectivity index (χ4n) is 4.97. The Morgan fingerprint density at radius 3 is 2.48 bits per heavy atom. The van der Waals surface area contributed by atoms with Gasteiger partial charge in [0.1, 0.15) is 11.9 Å². The average Bonchev–Trinajstić information content (AvgIpc) is 3.19. The second-order valence-corrected chi connectivity index (χ2v) is 10.0. The maximum absolute atomic E-state index is 13.8. The van der Waals surface area contributed by atoms with Gasteiger partial charge in [0.25, 0.3) is 5.91 Å². The molecule has 2 heterocycles. The molecule has 4 rings (SSSR count). The van der Waals surface area contributed by atoms with Gasteiger partial charge in [-0.3, -0.25) is 9.59 Å². The Labute approximate surface area is 177 Å². The Morgan fingerprint density at radius 1 is 1.07 bits per heavy atom. The van der Waals surface area contributed by atoms with Gasteiger partial charge in [-0.15, -0.1) is 11.8 Å². The second-order valence-electron chi connectivity index (χ2n) is 8.87. The highest BCUT2D eigenvalue weighted by Crippen LogP contribution is 2.41. The molecule has 3 fully saturated rings. The van der Waals surface area contributed by atoms with Crippen molar-refractivity contribution in [2.75, 3.05) is 18.8 Å². The average molecular weight is 419 g/mol. The van der Waals surface area contributed by atoms with Gasteiger partial charge < -0.3 is 9.80 Å². The molecule has 1 aliphatic carbocycles. The van der Waals surface area contributed by atoms with E-state index in [9.17, 15) is 14.0 Å². The summed E-state index contributed by atoms with van der Waals surface area (Å²) >= 11 is 1.75. The zero-order valence-corrected chi connectivity index (χ0v) is 18.0. The molecule has 29 heavy (non-hydrogen) atoms. The number of thioether (sulfide) groups is 1. The first-order valence-corrected chi connectivity index (χ1v) is 12.1. The highest BCUT2D eigenvalue weighted by atomic mass is 32.2. The van der Waals surface area contributed by atoms with Gasteiger partial charge in [-0.25, -0.2) is 4.39 Å². The molecule has 1 saturated carbocycles. The van der Waals surface area contributed by atoms with E-state index in [4.69, 9.17) is 0 Å². The van der Waals surface area contributed by atoms with Crippen LogP contribution in [0.5, 0.6) is 0 Å². The standard InChI is InChI=1S/C23H31FN2O2S/c1-16-10-12-25(13-11-16)22(28)20-15-29-23(17-6-3-2-4-7-17)26(20)21(27)18-8-5-9-19(24)14-18/h5,8-9,14,16-17,20,23H,2-4,6-7,10-13,15H2,1H3/t20-,23+/m1/s1. The summed E-state index contributed by atoms with van der Waals surface area (Å²) in [6, 6.07) is 5.45. The van der Waals surface area contributed by atoms with Crippen molar-refractivity contribution in [2.45, 2.75) is 63.3 Å². The van der Waals surface area contributed by atoms with Crippen molar-refractivity contribution >= 4 is 23.6 Å². The summed E-state index contributed by atoms with van der Waals surface area (Å²) in [5.41, 5.74) is 0.346. The lowest BCUT2D eigenvalue weighted by atomic mass is 9.88. The number of benzene rings is 1. The van der Waals surface area contributed by atoms with E-state index in [2.05, 4.69) is 6.92 Å². The summed E-state index contributed by atoms with van der Waals surface area (Å²) in [6.07, 6.45) is 7.88. The zero-order chi connectivity index (χ0) is 20.4. The van der Waals surface area contributed by atoms with E-state index in [1.165, 1.54) is 31.4 Å². The number of piperidine rings is 1. The molecule has 1 aromatic rings. The van der Waals surface area contributed by atoms with Gasteiger partial charge in [-0.2, -0.15) is 0 Å². The topological polar surface area (TPSA) is 40.6 Å². The minimum absolute atomic E-state index is 0.0173. The summed E-state index contributed by atoms with van der Waals surface area (Å²) in [5, 5.41) is 0.0173. The lowest BCUT2D eigenvalue weighted by Crippen LogP contribution is -2.53. The van der Waals surface area contributed by atoms with E-state index >= 15 is 0 Å². The molecule has 0 unspecified atom stereocenters. The number of carbonyl (C=O) groups is 2. The van der Waals surface area contributed by atoms with E-state index in [0.717, 1.165) is 38.8 Å². The van der Waals surface area contributed by atoms with Crippen LogP contribution in [0.3, 0.4) is 0 Å². The number of amides is 2. The third kappa shape index (κ3) is 4.47. The van der Waals surface area contributed by atoms with Gasteiger partial charge in [-0.1, -0.05) is 32.3 Å². The fraction of sp³-hybridized carbons (Fsp3) is 0.652. The molecule has 0 radical (unpaired) electrons. The highest BCUT2D eigenvalue weighted by molar-refractivity contribution is 8.00. The molecule has 3 aliphatic rings. The van der Waals surface area contributed by atoms with Gasteiger partial charge in [0.15, 0.2) is 0 Å². The van der Waals surface area contributed by atoms with Crippen LogP contribution in [0, 0.1) is 17.7 Å². The Bertz CT molecular complexity index is 744. The summed E-state index contributed by atoms with van der Waals surface area (Å²) in [5.74, 6) is 1.18.